The van der Waals surface area contributed by atoms with Crippen LogP contribution in [-0.4, -0.2) is 44.8 Å². The van der Waals surface area contributed by atoms with Gasteiger partial charge in [0, 0.05) is 12.6 Å². The number of hydrogen-bond donors (Lipinski definition) is 1. The predicted molar refractivity (Wildman–Crippen MR) is 69.6 cm³/mol. The molecule has 1 aromatic rings. The Balaban J connectivity index is 2.53. The second-order valence-corrected chi connectivity index (χ2v) is 4.07. The van der Waals surface area contributed by atoms with Gasteiger partial charge in [0.05, 0.1) is 12.6 Å². The number of benzene rings is 1. The molecule has 0 spiro atoms. The van der Waals surface area contributed by atoms with Crippen molar-refractivity contribution in [2.24, 2.45) is 5.73 Å². The van der Waals surface area contributed by atoms with Crippen LogP contribution in [0.1, 0.15) is 6.92 Å². The Labute approximate surface area is 103 Å². The Morgan fingerprint density at radius 2 is 1.88 bits per heavy atom. The maximum atomic E-state index is 5.71. The Kier molecular flexibility index (Phi) is 5.80. The van der Waals surface area contributed by atoms with E-state index in [2.05, 4.69) is 4.90 Å². The molecule has 1 aromatic carbocycles. The molecule has 0 aliphatic heterocycles. The minimum atomic E-state index is 0.228. The molecule has 0 aromatic heterocycles. The van der Waals surface area contributed by atoms with Gasteiger partial charge >= 0.3 is 0 Å². The lowest BCUT2D eigenvalue weighted by Crippen LogP contribution is -2.39. The van der Waals surface area contributed by atoms with Crippen LogP contribution in [0.3, 0.4) is 0 Å². The first-order valence-corrected chi connectivity index (χ1v) is 5.89. The maximum Gasteiger partial charge on any atom is 0.123 e. The van der Waals surface area contributed by atoms with Gasteiger partial charge in [-0.25, -0.2) is 0 Å². The summed E-state index contributed by atoms with van der Waals surface area (Å²) >= 11 is 0. The average molecular weight is 238 g/mol. The molecule has 4 heteroatoms. The van der Waals surface area contributed by atoms with Crippen molar-refractivity contribution in [1.29, 1.82) is 0 Å². The minimum Gasteiger partial charge on any atom is -0.494 e. The zero-order valence-electron chi connectivity index (χ0n) is 10.8. The molecule has 0 fully saturated rings. The van der Waals surface area contributed by atoms with Crippen molar-refractivity contribution in [3.63, 3.8) is 0 Å². The summed E-state index contributed by atoms with van der Waals surface area (Å²) in [6.45, 7) is 3.79. The number of hydrogen-bond acceptors (Lipinski definition) is 4. The van der Waals surface area contributed by atoms with Crippen LogP contribution in [0.2, 0.25) is 0 Å². The van der Waals surface area contributed by atoms with Crippen LogP contribution in [0.15, 0.2) is 24.3 Å². The molecule has 0 aliphatic carbocycles. The number of nitrogens with two attached hydrogens (primary N) is 1. The molecule has 0 heterocycles. The fraction of sp³-hybridized carbons (Fsp3) is 0.538. The number of ether oxygens (including phenoxy) is 2. The van der Waals surface area contributed by atoms with E-state index in [0.717, 1.165) is 11.5 Å². The van der Waals surface area contributed by atoms with E-state index in [4.69, 9.17) is 15.2 Å². The maximum absolute atomic E-state index is 5.71. The standard InChI is InChI=1S/C13H22N2O2/c1-4-16-12-6-5-7-13(8-12)17-10-11(9-14)15(2)3/h5-8,11H,4,9-10,14H2,1-3H3. The highest BCUT2D eigenvalue weighted by atomic mass is 16.5. The van der Waals surface area contributed by atoms with Gasteiger partial charge in [0.25, 0.3) is 0 Å². The first kappa shape index (κ1) is 13.8. The molecule has 4 nitrogen and oxygen atoms in total. The highest BCUT2D eigenvalue weighted by Gasteiger charge is 2.09. The molecule has 0 aliphatic rings. The van der Waals surface area contributed by atoms with Crippen molar-refractivity contribution in [1.82, 2.24) is 4.90 Å². The first-order valence-electron chi connectivity index (χ1n) is 5.89. The van der Waals surface area contributed by atoms with Crippen molar-refractivity contribution < 1.29 is 9.47 Å². The first-order chi connectivity index (χ1) is 8.17. The van der Waals surface area contributed by atoms with Crippen LogP contribution in [0.25, 0.3) is 0 Å². The Morgan fingerprint density at radius 3 is 2.41 bits per heavy atom. The summed E-state index contributed by atoms with van der Waals surface area (Å²) in [4.78, 5) is 2.06. The van der Waals surface area contributed by atoms with Gasteiger partial charge in [0.1, 0.15) is 18.1 Å². The van der Waals surface area contributed by atoms with Gasteiger partial charge in [-0.15, -0.1) is 0 Å². The average Bonchev–Trinajstić information content (AvgIpc) is 2.30. The number of likely N-dealkylation sites (N-methyl/N-ethyl adjacent to an activating group) is 1. The fourth-order valence-electron chi connectivity index (χ4n) is 1.44. The van der Waals surface area contributed by atoms with Crippen LogP contribution in [0, 0.1) is 0 Å². The summed E-state index contributed by atoms with van der Waals surface area (Å²) in [5.41, 5.74) is 5.67. The molecule has 1 unspecified atom stereocenters. The number of nitrogens with zero attached hydrogens (tertiary/aromatic N) is 1. The van der Waals surface area contributed by atoms with Gasteiger partial charge < -0.3 is 20.1 Å². The lowest BCUT2D eigenvalue weighted by molar-refractivity contribution is 0.189. The van der Waals surface area contributed by atoms with Crippen molar-refractivity contribution in [3.05, 3.63) is 24.3 Å². The third-order valence-electron chi connectivity index (χ3n) is 2.56. The van der Waals surface area contributed by atoms with E-state index in [-0.39, 0.29) is 6.04 Å². The smallest absolute Gasteiger partial charge is 0.123 e. The van der Waals surface area contributed by atoms with Gasteiger partial charge in [-0.2, -0.15) is 0 Å². The van der Waals surface area contributed by atoms with Crippen LogP contribution >= 0.6 is 0 Å². The monoisotopic (exact) mass is 238 g/mol. The molecule has 0 saturated heterocycles. The summed E-state index contributed by atoms with van der Waals surface area (Å²) in [7, 11) is 4.00. The highest BCUT2D eigenvalue weighted by molar-refractivity contribution is 5.32. The van der Waals surface area contributed by atoms with Gasteiger partial charge in [-0.3, -0.25) is 0 Å². The zero-order chi connectivity index (χ0) is 12.7. The van der Waals surface area contributed by atoms with Crippen LogP contribution < -0.4 is 15.2 Å². The lowest BCUT2D eigenvalue weighted by Gasteiger charge is -2.22. The normalized spacial score (nSPS) is 12.5. The Bertz CT molecular complexity index is 329. The van der Waals surface area contributed by atoms with Crippen molar-refractivity contribution >= 4 is 0 Å². The van der Waals surface area contributed by atoms with Gasteiger partial charge in [0.15, 0.2) is 0 Å². The largest absolute Gasteiger partial charge is 0.494 e. The molecule has 0 bridgehead atoms. The lowest BCUT2D eigenvalue weighted by atomic mass is 10.3. The molecular weight excluding hydrogens is 216 g/mol. The minimum absolute atomic E-state index is 0.228. The Morgan fingerprint density at radius 1 is 1.24 bits per heavy atom. The molecule has 1 rings (SSSR count). The molecular formula is C13H22N2O2. The predicted octanol–water partition coefficient (Wildman–Crippen LogP) is 1.35. The van der Waals surface area contributed by atoms with Crippen molar-refractivity contribution in [2.75, 3.05) is 33.9 Å². The quantitative estimate of drug-likeness (QED) is 0.779. The topological polar surface area (TPSA) is 47.7 Å². The van der Waals surface area contributed by atoms with Gasteiger partial charge in [-0.1, -0.05) is 6.07 Å². The van der Waals surface area contributed by atoms with E-state index in [0.29, 0.717) is 19.8 Å². The third kappa shape index (κ3) is 4.63. The van der Waals surface area contributed by atoms with Crippen molar-refractivity contribution in [3.8, 4) is 11.5 Å². The molecule has 0 saturated carbocycles. The van der Waals surface area contributed by atoms with E-state index in [1.165, 1.54) is 0 Å². The second-order valence-electron chi connectivity index (χ2n) is 4.07. The summed E-state index contributed by atoms with van der Waals surface area (Å²) in [6, 6.07) is 7.89. The summed E-state index contributed by atoms with van der Waals surface area (Å²) in [5.74, 6) is 1.65. The van der Waals surface area contributed by atoms with Crippen LogP contribution in [-0.2, 0) is 0 Å². The second kappa shape index (κ2) is 7.14. The van der Waals surface area contributed by atoms with E-state index in [9.17, 15) is 0 Å². The van der Waals surface area contributed by atoms with Gasteiger partial charge in [-0.05, 0) is 33.2 Å². The fourth-order valence-corrected chi connectivity index (χ4v) is 1.44. The SMILES string of the molecule is CCOc1cccc(OCC(CN)N(C)C)c1. The molecule has 1 atom stereocenters. The van der Waals surface area contributed by atoms with Crippen LogP contribution in [0.5, 0.6) is 11.5 Å². The summed E-state index contributed by atoms with van der Waals surface area (Å²) < 4.78 is 11.1. The molecule has 2 N–H and O–H groups in total. The molecule has 96 valence electrons. The Hall–Kier alpha value is -1.26. The van der Waals surface area contributed by atoms with E-state index < -0.39 is 0 Å². The molecule has 17 heavy (non-hydrogen) atoms. The van der Waals surface area contributed by atoms with E-state index in [1.54, 1.807) is 0 Å². The summed E-state index contributed by atoms with van der Waals surface area (Å²) in [5, 5.41) is 0. The molecule has 0 radical (unpaired) electrons. The van der Waals surface area contributed by atoms with Crippen LogP contribution in [0.4, 0.5) is 0 Å². The highest BCUT2D eigenvalue weighted by Crippen LogP contribution is 2.19. The summed E-state index contributed by atoms with van der Waals surface area (Å²) in [6.07, 6.45) is 0. The third-order valence-corrected chi connectivity index (χ3v) is 2.56. The van der Waals surface area contributed by atoms with Gasteiger partial charge in [0.2, 0.25) is 0 Å². The number of rotatable bonds is 7. The van der Waals surface area contributed by atoms with E-state index >= 15 is 0 Å². The molecule has 0 amide bonds. The van der Waals surface area contributed by atoms with Crippen molar-refractivity contribution in [2.45, 2.75) is 13.0 Å². The zero-order valence-corrected chi connectivity index (χ0v) is 10.8. The van der Waals surface area contributed by atoms with E-state index in [1.807, 2.05) is 45.3 Å².